The maximum Gasteiger partial charge on any atom is 0.217 e. The molecule has 0 fully saturated rings. The van der Waals surface area contributed by atoms with E-state index < -0.39 is 0 Å². The van der Waals surface area contributed by atoms with Crippen LogP contribution in [-0.2, 0) is 4.79 Å². The molecule has 1 N–H and O–H groups in total. The third-order valence-electron chi connectivity index (χ3n) is 1.43. The highest BCUT2D eigenvalue weighted by atomic mass is 16.1. The Bertz CT molecular complexity index is 99.7. The van der Waals surface area contributed by atoms with Crippen LogP contribution in [0.1, 0.15) is 41.5 Å². The van der Waals surface area contributed by atoms with Crippen LogP contribution >= 0.6 is 0 Å². The summed E-state index contributed by atoms with van der Waals surface area (Å²) in [6.45, 7) is 11.7. The van der Waals surface area contributed by atoms with Crippen LogP contribution in [0, 0.1) is 5.92 Å². The molecule has 0 saturated carbocycles. The Morgan fingerprint density at radius 3 is 1.64 bits per heavy atom. The van der Waals surface area contributed by atoms with Crippen molar-refractivity contribution in [2.45, 2.75) is 47.6 Å². The molecule has 11 heavy (non-hydrogen) atoms. The fraction of sp³-hybridized carbons (Fsp3) is 0.889. The Morgan fingerprint density at radius 1 is 1.18 bits per heavy atom. The summed E-state index contributed by atoms with van der Waals surface area (Å²) in [6, 6.07) is 0.294. The molecule has 68 valence electrons. The number of hydrogen-bond acceptors (Lipinski definition) is 1. The zero-order valence-corrected chi connectivity index (χ0v) is 8.56. The SMILES string of the molecule is CC.CC(=O)N[C@@H](C)C(C)C. The number of carbonyl (C=O) groups excluding carboxylic acids is 1. The van der Waals surface area contributed by atoms with Gasteiger partial charge in [-0.15, -0.1) is 0 Å². The monoisotopic (exact) mass is 159 g/mol. The lowest BCUT2D eigenvalue weighted by Gasteiger charge is -2.15. The van der Waals surface area contributed by atoms with Crippen molar-refractivity contribution in [2.75, 3.05) is 0 Å². The van der Waals surface area contributed by atoms with Crippen molar-refractivity contribution < 1.29 is 4.79 Å². The predicted octanol–water partition coefficient (Wildman–Crippen LogP) is 2.19. The molecule has 0 aromatic heterocycles. The smallest absolute Gasteiger partial charge is 0.217 e. The van der Waals surface area contributed by atoms with Gasteiger partial charge in [0.25, 0.3) is 0 Å². The van der Waals surface area contributed by atoms with Crippen molar-refractivity contribution in [2.24, 2.45) is 5.92 Å². The van der Waals surface area contributed by atoms with E-state index in [2.05, 4.69) is 19.2 Å². The first-order chi connectivity index (χ1) is 5.04. The second-order valence-electron chi connectivity index (χ2n) is 2.73. The van der Waals surface area contributed by atoms with Crippen molar-refractivity contribution in [1.82, 2.24) is 5.32 Å². The number of amides is 1. The molecule has 0 saturated heterocycles. The minimum Gasteiger partial charge on any atom is -0.354 e. The summed E-state index contributed by atoms with van der Waals surface area (Å²) >= 11 is 0. The third kappa shape index (κ3) is 9.47. The van der Waals surface area contributed by atoms with Gasteiger partial charge in [-0.1, -0.05) is 27.7 Å². The highest BCUT2D eigenvalue weighted by Gasteiger charge is 2.05. The van der Waals surface area contributed by atoms with Crippen molar-refractivity contribution in [3.63, 3.8) is 0 Å². The predicted molar refractivity (Wildman–Crippen MR) is 49.5 cm³/mol. The molecule has 0 heterocycles. The van der Waals surface area contributed by atoms with Crippen LogP contribution in [0.2, 0.25) is 0 Å². The number of nitrogens with one attached hydrogen (secondary N) is 1. The number of carbonyl (C=O) groups is 1. The van der Waals surface area contributed by atoms with Crippen LogP contribution in [0.5, 0.6) is 0 Å². The Hall–Kier alpha value is -0.530. The van der Waals surface area contributed by atoms with Crippen LogP contribution in [-0.4, -0.2) is 11.9 Å². The van der Waals surface area contributed by atoms with E-state index in [-0.39, 0.29) is 5.91 Å². The molecule has 1 amide bonds. The standard InChI is InChI=1S/C7H15NO.C2H6/c1-5(2)6(3)8-7(4)9;1-2/h5-6H,1-4H3,(H,8,9);1-2H3/t6-;/m0./s1. The highest BCUT2D eigenvalue weighted by Crippen LogP contribution is 1.98. The van der Waals surface area contributed by atoms with Gasteiger partial charge in [-0.05, 0) is 12.8 Å². The van der Waals surface area contributed by atoms with Gasteiger partial charge in [0.2, 0.25) is 5.91 Å². The van der Waals surface area contributed by atoms with Gasteiger partial charge in [-0.3, -0.25) is 4.79 Å². The number of hydrogen-bond donors (Lipinski definition) is 1. The molecule has 0 aromatic rings. The van der Waals surface area contributed by atoms with E-state index in [1.54, 1.807) is 6.92 Å². The first-order valence-electron chi connectivity index (χ1n) is 4.31. The topological polar surface area (TPSA) is 29.1 Å². The van der Waals surface area contributed by atoms with Crippen molar-refractivity contribution in [3.05, 3.63) is 0 Å². The minimum absolute atomic E-state index is 0.0520. The largest absolute Gasteiger partial charge is 0.354 e. The zero-order valence-electron chi connectivity index (χ0n) is 8.56. The van der Waals surface area contributed by atoms with E-state index in [9.17, 15) is 4.79 Å². The molecule has 0 unspecified atom stereocenters. The van der Waals surface area contributed by atoms with E-state index in [1.807, 2.05) is 20.8 Å². The summed E-state index contributed by atoms with van der Waals surface area (Å²) in [5.41, 5.74) is 0. The fourth-order valence-corrected chi connectivity index (χ4v) is 0.487. The fourth-order valence-electron chi connectivity index (χ4n) is 0.487. The molecule has 0 aromatic carbocycles. The second kappa shape index (κ2) is 7.58. The van der Waals surface area contributed by atoms with E-state index >= 15 is 0 Å². The first-order valence-corrected chi connectivity index (χ1v) is 4.31. The van der Waals surface area contributed by atoms with E-state index in [4.69, 9.17) is 0 Å². The lowest BCUT2D eigenvalue weighted by atomic mass is 10.1. The Labute approximate surface area is 70.4 Å². The van der Waals surface area contributed by atoms with Crippen molar-refractivity contribution >= 4 is 5.91 Å². The van der Waals surface area contributed by atoms with Gasteiger partial charge in [0.15, 0.2) is 0 Å². The zero-order chi connectivity index (χ0) is 9.44. The maximum atomic E-state index is 10.4. The third-order valence-corrected chi connectivity index (χ3v) is 1.43. The normalized spacial score (nSPS) is 11.5. The molecule has 0 aliphatic rings. The maximum absolute atomic E-state index is 10.4. The van der Waals surface area contributed by atoms with Gasteiger partial charge in [0.1, 0.15) is 0 Å². The molecule has 0 radical (unpaired) electrons. The average Bonchev–Trinajstić information content (AvgIpc) is 1.90. The van der Waals surface area contributed by atoms with Gasteiger partial charge in [-0.25, -0.2) is 0 Å². The van der Waals surface area contributed by atoms with Gasteiger partial charge >= 0.3 is 0 Å². The van der Waals surface area contributed by atoms with Gasteiger partial charge in [0, 0.05) is 13.0 Å². The lowest BCUT2D eigenvalue weighted by Crippen LogP contribution is -2.34. The van der Waals surface area contributed by atoms with Crippen LogP contribution < -0.4 is 5.32 Å². The summed E-state index contributed by atoms with van der Waals surface area (Å²) in [4.78, 5) is 10.4. The van der Waals surface area contributed by atoms with E-state index in [0.29, 0.717) is 12.0 Å². The molecular formula is C9H21NO. The van der Waals surface area contributed by atoms with Gasteiger partial charge in [0.05, 0.1) is 0 Å². The second-order valence-corrected chi connectivity index (χ2v) is 2.73. The van der Waals surface area contributed by atoms with Gasteiger partial charge < -0.3 is 5.32 Å². The average molecular weight is 159 g/mol. The molecule has 0 aliphatic carbocycles. The molecule has 2 heteroatoms. The summed E-state index contributed by atoms with van der Waals surface area (Å²) in [7, 11) is 0. The van der Waals surface area contributed by atoms with E-state index in [1.165, 1.54) is 0 Å². The summed E-state index contributed by atoms with van der Waals surface area (Å²) in [5, 5.41) is 2.80. The first kappa shape index (κ1) is 13.1. The minimum atomic E-state index is 0.0520. The molecule has 0 bridgehead atoms. The van der Waals surface area contributed by atoms with Crippen molar-refractivity contribution in [3.8, 4) is 0 Å². The Kier molecular flexibility index (Phi) is 9.01. The Morgan fingerprint density at radius 2 is 1.55 bits per heavy atom. The molecular weight excluding hydrogens is 138 g/mol. The molecule has 0 spiro atoms. The van der Waals surface area contributed by atoms with Crippen molar-refractivity contribution in [1.29, 1.82) is 0 Å². The quantitative estimate of drug-likeness (QED) is 0.657. The van der Waals surface area contributed by atoms with Crippen LogP contribution in [0.25, 0.3) is 0 Å². The lowest BCUT2D eigenvalue weighted by molar-refractivity contribution is -0.119. The molecule has 2 nitrogen and oxygen atoms in total. The molecule has 0 rings (SSSR count). The van der Waals surface area contributed by atoms with Crippen LogP contribution in [0.15, 0.2) is 0 Å². The number of rotatable bonds is 2. The van der Waals surface area contributed by atoms with Crippen LogP contribution in [0.4, 0.5) is 0 Å². The van der Waals surface area contributed by atoms with Crippen LogP contribution in [0.3, 0.4) is 0 Å². The van der Waals surface area contributed by atoms with Gasteiger partial charge in [-0.2, -0.15) is 0 Å². The Balaban J connectivity index is 0. The summed E-state index contributed by atoms with van der Waals surface area (Å²) < 4.78 is 0. The molecule has 0 aliphatic heterocycles. The molecule has 1 atom stereocenters. The highest BCUT2D eigenvalue weighted by molar-refractivity contribution is 5.73. The summed E-state index contributed by atoms with van der Waals surface area (Å²) in [6.07, 6.45) is 0. The summed E-state index contributed by atoms with van der Waals surface area (Å²) in [5.74, 6) is 0.574. The van der Waals surface area contributed by atoms with E-state index in [0.717, 1.165) is 0 Å².